The minimum absolute atomic E-state index is 0.107. The van der Waals surface area contributed by atoms with Gasteiger partial charge in [-0.2, -0.15) is 0 Å². The van der Waals surface area contributed by atoms with Crippen LogP contribution in [0.4, 0.5) is 34.1 Å². The average molecular weight is 921 g/mol. The zero-order valence-electron chi connectivity index (χ0n) is 46.4. The quantitative estimate of drug-likeness (QED) is 0.164. The maximum atomic E-state index is 9.50. The SMILES string of the molecule is [2H]c1c([2H])c([2H])c2c(c1[2H])-c1c([2H])c([2H])c([2H])c([2H])c1C2c1ccc2c(c1)N(c1ccccc1)c1cc(-n3c4ccccc4c4ccccc43)cc3c1B2c1cc2c4cccc5c6ccccc6n(c2cc1N3c1ccccc1)c54. The molecule has 11 aromatic carbocycles. The van der Waals surface area contributed by atoms with Crippen molar-refractivity contribution in [2.24, 2.45) is 0 Å². The van der Waals surface area contributed by atoms with Gasteiger partial charge in [-0.1, -0.05) is 176 Å². The third-order valence-electron chi connectivity index (χ3n) is 15.9. The van der Waals surface area contributed by atoms with Crippen molar-refractivity contribution >= 4 is 117 Å². The topological polar surface area (TPSA) is 15.8 Å². The average Bonchev–Trinajstić information content (AvgIpc) is 3.67. The van der Waals surface area contributed by atoms with E-state index in [9.17, 15) is 5.48 Å². The van der Waals surface area contributed by atoms with Crippen molar-refractivity contribution in [2.75, 3.05) is 9.80 Å². The molecule has 0 amide bonds. The monoisotopic (exact) mass is 920 g/mol. The van der Waals surface area contributed by atoms with Gasteiger partial charge in [0.05, 0.1) is 44.2 Å². The van der Waals surface area contributed by atoms with Gasteiger partial charge in [0.2, 0.25) is 0 Å². The molecule has 72 heavy (non-hydrogen) atoms. The van der Waals surface area contributed by atoms with Crippen LogP contribution in [-0.2, 0) is 0 Å². The Balaban J connectivity index is 1.03. The van der Waals surface area contributed by atoms with Gasteiger partial charge in [-0.15, -0.1) is 0 Å². The highest BCUT2D eigenvalue weighted by atomic mass is 15.2. The third kappa shape index (κ3) is 4.96. The summed E-state index contributed by atoms with van der Waals surface area (Å²) in [6.45, 7) is -0.342. The summed E-state index contributed by atoms with van der Waals surface area (Å²) in [6.07, 6.45) is 0. The molecular formula is C67H41BN4. The summed E-state index contributed by atoms with van der Waals surface area (Å²) in [7, 11) is 0. The van der Waals surface area contributed by atoms with E-state index < -0.39 is 30.1 Å². The lowest BCUT2D eigenvalue weighted by molar-refractivity contribution is 1.01. The number of hydrogen-bond donors (Lipinski definition) is 0. The van der Waals surface area contributed by atoms with E-state index >= 15 is 0 Å². The van der Waals surface area contributed by atoms with Crippen LogP contribution in [0.2, 0.25) is 0 Å². The number of aromatic nitrogens is 2. The van der Waals surface area contributed by atoms with E-state index in [1.165, 1.54) is 21.7 Å². The lowest BCUT2D eigenvalue weighted by Gasteiger charge is -2.44. The van der Waals surface area contributed by atoms with Crippen molar-refractivity contribution in [1.82, 2.24) is 8.97 Å². The molecule has 3 aliphatic rings. The number of benzene rings is 11. The first kappa shape index (κ1) is 31.7. The van der Waals surface area contributed by atoms with Crippen LogP contribution >= 0.6 is 0 Å². The number of anilines is 6. The second kappa shape index (κ2) is 14.2. The molecule has 0 saturated heterocycles. The predicted molar refractivity (Wildman–Crippen MR) is 302 cm³/mol. The van der Waals surface area contributed by atoms with Crippen molar-refractivity contribution in [3.8, 4) is 16.8 Å². The van der Waals surface area contributed by atoms with Crippen LogP contribution in [0.3, 0.4) is 0 Å². The highest BCUT2D eigenvalue weighted by Crippen LogP contribution is 2.52. The van der Waals surface area contributed by atoms with Gasteiger partial charge in [-0.05, 0) is 111 Å². The summed E-state index contributed by atoms with van der Waals surface area (Å²) < 4.78 is 77.9. The minimum atomic E-state index is -0.966. The summed E-state index contributed by atoms with van der Waals surface area (Å²) >= 11 is 0. The summed E-state index contributed by atoms with van der Waals surface area (Å²) in [5.41, 5.74) is 16.8. The summed E-state index contributed by atoms with van der Waals surface area (Å²) in [6, 6.07) is 66.2. The van der Waals surface area contributed by atoms with Gasteiger partial charge in [0.25, 0.3) is 6.71 Å². The fourth-order valence-electron chi connectivity index (χ4n) is 13.1. The van der Waals surface area contributed by atoms with Crippen molar-refractivity contribution in [1.29, 1.82) is 0 Å². The van der Waals surface area contributed by atoms with Crippen LogP contribution in [0.1, 0.15) is 33.6 Å². The Morgan fingerprint density at radius 3 is 1.51 bits per heavy atom. The van der Waals surface area contributed by atoms with Crippen LogP contribution in [-0.4, -0.2) is 15.7 Å². The van der Waals surface area contributed by atoms with Gasteiger partial charge < -0.3 is 18.8 Å². The van der Waals surface area contributed by atoms with Crippen LogP contribution in [0.15, 0.2) is 242 Å². The molecule has 5 heterocycles. The van der Waals surface area contributed by atoms with Gasteiger partial charge >= 0.3 is 0 Å². The first-order chi connectivity index (χ1) is 39.1. The van der Waals surface area contributed by atoms with Crippen LogP contribution in [0, 0.1) is 0 Å². The zero-order chi connectivity index (χ0) is 53.7. The molecule has 0 N–H and O–H groups in total. The smallest absolute Gasteiger partial charge is 0.252 e. The number of nitrogens with zero attached hydrogens (tertiary/aromatic N) is 4. The Bertz CT molecular complexity index is 4970. The van der Waals surface area contributed by atoms with E-state index in [2.05, 4.69) is 189 Å². The lowest BCUT2D eigenvalue weighted by Crippen LogP contribution is -2.61. The first-order valence-corrected chi connectivity index (χ1v) is 24.5. The molecule has 0 bridgehead atoms. The normalized spacial score (nSPS) is 15.2. The number of hydrogen-bond acceptors (Lipinski definition) is 2. The van der Waals surface area contributed by atoms with E-state index in [1.54, 1.807) is 0 Å². The van der Waals surface area contributed by atoms with Crippen LogP contribution in [0.25, 0.3) is 76.7 Å². The molecule has 5 heteroatoms. The molecule has 3 aromatic heterocycles. The zero-order valence-corrected chi connectivity index (χ0v) is 38.4. The fraction of sp³-hybridized carbons (Fsp3) is 0.0149. The lowest BCUT2D eigenvalue weighted by atomic mass is 9.33. The molecule has 0 unspecified atom stereocenters. The molecular weight excluding hydrogens is 872 g/mol. The fourth-order valence-corrected chi connectivity index (χ4v) is 13.1. The molecule has 0 saturated carbocycles. The maximum Gasteiger partial charge on any atom is 0.252 e. The molecule has 332 valence electrons. The molecule has 0 fully saturated rings. The van der Waals surface area contributed by atoms with E-state index in [-0.39, 0.29) is 53.1 Å². The van der Waals surface area contributed by atoms with Crippen molar-refractivity contribution in [3.05, 3.63) is 259 Å². The van der Waals surface area contributed by atoms with Gasteiger partial charge in [0.1, 0.15) is 0 Å². The van der Waals surface area contributed by atoms with Crippen molar-refractivity contribution in [2.45, 2.75) is 5.92 Å². The number of rotatable bonds is 4. The largest absolute Gasteiger partial charge is 0.311 e. The van der Waals surface area contributed by atoms with Crippen molar-refractivity contribution < 1.29 is 11.0 Å². The van der Waals surface area contributed by atoms with Gasteiger partial charge in [0, 0.05) is 72.4 Å². The molecule has 4 nitrogen and oxygen atoms in total. The Labute approximate surface area is 427 Å². The highest BCUT2D eigenvalue weighted by Gasteiger charge is 2.45. The van der Waals surface area contributed by atoms with Gasteiger partial charge in [0.15, 0.2) is 0 Å². The van der Waals surface area contributed by atoms with E-state index in [4.69, 9.17) is 5.48 Å². The Hall–Kier alpha value is -9.32. The summed E-state index contributed by atoms with van der Waals surface area (Å²) in [5.74, 6) is -0.966. The summed E-state index contributed by atoms with van der Waals surface area (Å²) in [5, 5.41) is 6.99. The van der Waals surface area contributed by atoms with E-state index in [1.807, 2.05) is 24.3 Å². The standard InChI is InChI=1S/C67H41BN4/c1-3-18-42(19-4-1)69-61-36-41(65-50-27-9-7-22-45(50)46-23-8-10-28-51(46)65)34-35-55(61)68-56-39-54-53-30-17-29-52-49-26-13-16-33-59(49)72(67(52)53)60(54)40-62(56)70(43-20-5-2-6-21-43)64-38-44(37-63(69)66(64)68)71-57-31-14-11-24-47(57)48-25-12-15-32-58(48)71/h1-40,65H/i7D,8D,9D,10D,22D,23D,27D,28D. The molecule has 0 spiro atoms. The second-order valence-corrected chi connectivity index (χ2v) is 19.4. The molecule has 0 atom stereocenters. The Morgan fingerprint density at radius 2 is 0.889 bits per heavy atom. The Kier molecular flexibility index (Phi) is 6.24. The Morgan fingerprint density at radius 1 is 0.375 bits per heavy atom. The van der Waals surface area contributed by atoms with E-state index in [0.717, 1.165) is 94.4 Å². The van der Waals surface area contributed by atoms with Crippen LogP contribution in [0.5, 0.6) is 0 Å². The summed E-state index contributed by atoms with van der Waals surface area (Å²) in [4.78, 5) is 4.77. The number of fused-ring (bicyclic) bond motifs is 16. The first-order valence-electron chi connectivity index (χ1n) is 28.5. The minimum Gasteiger partial charge on any atom is -0.311 e. The predicted octanol–water partition coefficient (Wildman–Crippen LogP) is 15.2. The number of para-hydroxylation sites is 6. The van der Waals surface area contributed by atoms with E-state index in [0.29, 0.717) is 5.56 Å². The van der Waals surface area contributed by atoms with Gasteiger partial charge in [-0.3, -0.25) is 0 Å². The second-order valence-electron chi connectivity index (χ2n) is 19.4. The molecule has 17 rings (SSSR count). The third-order valence-corrected chi connectivity index (χ3v) is 15.9. The molecule has 2 aliphatic heterocycles. The molecule has 1 aliphatic carbocycles. The van der Waals surface area contributed by atoms with Gasteiger partial charge in [-0.25, -0.2) is 0 Å². The maximum absolute atomic E-state index is 9.50. The molecule has 0 radical (unpaired) electrons. The highest BCUT2D eigenvalue weighted by molar-refractivity contribution is 7.00. The van der Waals surface area contributed by atoms with Crippen molar-refractivity contribution in [3.63, 3.8) is 0 Å². The van der Waals surface area contributed by atoms with Crippen LogP contribution < -0.4 is 26.2 Å². The molecule has 14 aromatic rings.